The van der Waals surface area contributed by atoms with Gasteiger partial charge < -0.3 is 5.32 Å². The van der Waals surface area contributed by atoms with E-state index in [2.05, 4.69) is 20.3 Å². The van der Waals surface area contributed by atoms with Crippen molar-refractivity contribution in [3.8, 4) is 0 Å². The van der Waals surface area contributed by atoms with E-state index in [1.165, 1.54) is 11.8 Å². The van der Waals surface area contributed by atoms with E-state index in [4.69, 9.17) is 0 Å². The Hall–Kier alpha value is -2.68. The number of aromatic nitrogens is 3. The summed E-state index contributed by atoms with van der Waals surface area (Å²) in [6.07, 6.45) is 0. The summed E-state index contributed by atoms with van der Waals surface area (Å²) in [6, 6.07) is 17.3. The first-order chi connectivity index (χ1) is 15.1. The third kappa shape index (κ3) is 5.94. The number of hydrogen-bond acceptors (Lipinski definition) is 7. The lowest BCUT2D eigenvalue weighted by atomic mass is 10.2. The van der Waals surface area contributed by atoms with Crippen molar-refractivity contribution in [2.75, 3.05) is 5.32 Å². The molecule has 4 rings (SSSR count). The first-order valence-electron chi connectivity index (χ1n) is 9.57. The van der Waals surface area contributed by atoms with Crippen LogP contribution in [0.1, 0.15) is 27.4 Å². The van der Waals surface area contributed by atoms with E-state index in [1.807, 2.05) is 79.3 Å². The predicted molar refractivity (Wildman–Crippen MR) is 128 cm³/mol. The van der Waals surface area contributed by atoms with E-state index in [1.54, 1.807) is 23.1 Å². The summed E-state index contributed by atoms with van der Waals surface area (Å²) in [7, 11) is 0. The van der Waals surface area contributed by atoms with Gasteiger partial charge in [-0.2, -0.15) is 0 Å². The Labute approximate surface area is 193 Å². The van der Waals surface area contributed by atoms with Crippen molar-refractivity contribution >= 4 is 46.5 Å². The average molecular weight is 465 g/mol. The summed E-state index contributed by atoms with van der Waals surface area (Å²) in [5, 5.41) is 5.74. The molecule has 0 aliphatic carbocycles. The van der Waals surface area contributed by atoms with Gasteiger partial charge in [-0.1, -0.05) is 12.1 Å². The second kappa shape index (κ2) is 10.1. The molecular weight excluding hydrogens is 444 g/mol. The maximum Gasteiger partial charge on any atom is 0.256 e. The van der Waals surface area contributed by atoms with Crippen LogP contribution in [0.15, 0.2) is 80.4 Å². The Kier molecular flexibility index (Phi) is 7.01. The Morgan fingerprint density at radius 2 is 1.77 bits per heavy atom. The number of carbonyl (C=O) groups excluding carboxylic acids is 1. The molecule has 2 aromatic heterocycles. The maximum absolute atomic E-state index is 12.9. The molecule has 31 heavy (non-hydrogen) atoms. The minimum Gasteiger partial charge on any atom is -0.322 e. The predicted octanol–water partition coefficient (Wildman–Crippen LogP) is 6.25. The molecule has 0 saturated carbocycles. The normalized spacial score (nSPS) is 10.8. The molecular formula is C23H20N4OS3. The molecule has 0 fully saturated rings. The fourth-order valence-corrected chi connectivity index (χ4v) is 5.37. The second-order valence-electron chi connectivity index (χ2n) is 6.78. The van der Waals surface area contributed by atoms with Crippen molar-refractivity contribution in [1.29, 1.82) is 0 Å². The first-order valence-corrected chi connectivity index (χ1v) is 12.3. The lowest BCUT2D eigenvalue weighted by Gasteiger charge is -2.10. The highest BCUT2D eigenvalue weighted by Gasteiger charge is 2.12. The lowest BCUT2D eigenvalue weighted by Crippen LogP contribution is -2.12. The molecule has 156 valence electrons. The van der Waals surface area contributed by atoms with Crippen LogP contribution in [-0.4, -0.2) is 20.9 Å². The summed E-state index contributed by atoms with van der Waals surface area (Å²) in [5.74, 6) is 0.611. The van der Waals surface area contributed by atoms with E-state index < -0.39 is 0 Å². The third-order valence-corrected chi connectivity index (χ3v) is 6.89. The van der Waals surface area contributed by atoms with Gasteiger partial charge in [-0.3, -0.25) is 4.79 Å². The van der Waals surface area contributed by atoms with Crippen LogP contribution in [0, 0.1) is 13.8 Å². The highest BCUT2D eigenvalue weighted by Crippen LogP contribution is 2.28. The Morgan fingerprint density at radius 3 is 2.48 bits per heavy atom. The maximum atomic E-state index is 12.9. The Bertz CT molecular complexity index is 1160. The summed E-state index contributed by atoms with van der Waals surface area (Å²) in [5.41, 5.74) is 6.14. The quantitative estimate of drug-likeness (QED) is 0.258. The van der Waals surface area contributed by atoms with Crippen molar-refractivity contribution in [3.63, 3.8) is 0 Å². The van der Waals surface area contributed by atoms with E-state index >= 15 is 0 Å². The van der Waals surface area contributed by atoms with E-state index in [-0.39, 0.29) is 5.91 Å². The number of thiazole rings is 1. The van der Waals surface area contributed by atoms with Crippen LogP contribution in [0.2, 0.25) is 0 Å². The smallest absolute Gasteiger partial charge is 0.256 e. The first kappa shape index (κ1) is 21.5. The molecule has 0 aliphatic rings. The number of nitrogens with zero attached hydrogens (tertiary/aromatic N) is 3. The zero-order valence-electron chi connectivity index (χ0n) is 17.0. The molecule has 0 spiro atoms. The fraction of sp³-hybridized carbons (Fsp3) is 0.130. The number of anilines is 1. The summed E-state index contributed by atoms with van der Waals surface area (Å²) >= 11 is 4.70. The standard InChI is InChI=1S/C23H20N4OS3/c1-15-11-16(2)26-23(25-15)31-19-9-7-17(8-10-19)27-22(28)20-5-3-4-6-21(20)30-13-18-12-29-14-24-18/h3-12,14H,13H2,1-2H3,(H,27,28). The number of amides is 1. The van der Waals surface area contributed by atoms with Gasteiger partial charge in [0.2, 0.25) is 0 Å². The van der Waals surface area contributed by atoms with Crippen molar-refractivity contribution < 1.29 is 4.79 Å². The van der Waals surface area contributed by atoms with Gasteiger partial charge in [-0.15, -0.1) is 23.1 Å². The van der Waals surface area contributed by atoms with E-state index in [0.717, 1.165) is 43.5 Å². The molecule has 2 heterocycles. The third-order valence-electron chi connectivity index (χ3n) is 4.27. The number of nitrogens with one attached hydrogen (secondary N) is 1. The molecule has 0 atom stereocenters. The summed E-state index contributed by atoms with van der Waals surface area (Å²) in [6.45, 7) is 3.93. The van der Waals surface area contributed by atoms with Crippen molar-refractivity contribution in [3.05, 3.63) is 88.1 Å². The van der Waals surface area contributed by atoms with Gasteiger partial charge in [-0.25, -0.2) is 15.0 Å². The molecule has 2 aromatic carbocycles. The van der Waals surface area contributed by atoms with Crippen LogP contribution in [0.4, 0.5) is 5.69 Å². The number of rotatable bonds is 7. The zero-order chi connectivity index (χ0) is 21.6. The second-order valence-corrected chi connectivity index (χ2v) is 9.55. The Balaban J connectivity index is 1.42. The van der Waals surface area contributed by atoms with E-state index in [0.29, 0.717) is 5.56 Å². The molecule has 1 N–H and O–H groups in total. The SMILES string of the molecule is Cc1cc(C)nc(Sc2ccc(NC(=O)c3ccccc3SCc3cscn3)cc2)n1. The molecule has 1 amide bonds. The zero-order valence-corrected chi connectivity index (χ0v) is 19.5. The molecule has 0 unspecified atom stereocenters. The topological polar surface area (TPSA) is 67.8 Å². The van der Waals surface area contributed by atoms with Crippen molar-refractivity contribution in [2.45, 2.75) is 34.5 Å². The molecule has 0 aliphatic heterocycles. The lowest BCUT2D eigenvalue weighted by molar-refractivity contribution is 0.102. The van der Waals surface area contributed by atoms with Crippen molar-refractivity contribution in [1.82, 2.24) is 15.0 Å². The monoisotopic (exact) mass is 464 g/mol. The van der Waals surface area contributed by atoms with Crippen LogP contribution in [-0.2, 0) is 5.75 Å². The number of carbonyl (C=O) groups is 1. The van der Waals surface area contributed by atoms with Gasteiger partial charge >= 0.3 is 0 Å². The molecule has 0 saturated heterocycles. The van der Waals surface area contributed by atoms with Crippen LogP contribution < -0.4 is 5.32 Å². The van der Waals surface area contributed by atoms with Crippen LogP contribution in [0.5, 0.6) is 0 Å². The highest BCUT2D eigenvalue weighted by atomic mass is 32.2. The van der Waals surface area contributed by atoms with Gasteiger partial charge in [0.15, 0.2) is 5.16 Å². The van der Waals surface area contributed by atoms with Gasteiger partial charge in [0, 0.05) is 38.0 Å². The molecule has 0 radical (unpaired) electrons. The van der Waals surface area contributed by atoms with Crippen LogP contribution in [0.3, 0.4) is 0 Å². The number of thioether (sulfide) groups is 1. The summed E-state index contributed by atoms with van der Waals surface area (Å²) in [4.78, 5) is 28.1. The van der Waals surface area contributed by atoms with Crippen molar-refractivity contribution in [2.24, 2.45) is 0 Å². The van der Waals surface area contributed by atoms with E-state index in [9.17, 15) is 4.79 Å². The number of benzene rings is 2. The van der Waals surface area contributed by atoms with Gasteiger partial charge in [-0.05, 0) is 68.1 Å². The summed E-state index contributed by atoms with van der Waals surface area (Å²) < 4.78 is 0. The van der Waals surface area contributed by atoms with Crippen LogP contribution in [0.25, 0.3) is 0 Å². The number of hydrogen-bond donors (Lipinski definition) is 1. The fourth-order valence-electron chi connectivity index (χ4n) is 2.89. The van der Waals surface area contributed by atoms with Gasteiger partial charge in [0.25, 0.3) is 5.91 Å². The van der Waals surface area contributed by atoms with Crippen LogP contribution >= 0.6 is 34.9 Å². The Morgan fingerprint density at radius 1 is 1.03 bits per heavy atom. The van der Waals surface area contributed by atoms with Gasteiger partial charge in [0.05, 0.1) is 16.8 Å². The minimum absolute atomic E-state index is 0.126. The highest BCUT2D eigenvalue weighted by molar-refractivity contribution is 7.99. The minimum atomic E-state index is -0.126. The van der Waals surface area contributed by atoms with Gasteiger partial charge in [0.1, 0.15) is 0 Å². The molecule has 8 heteroatoms. The average Bonchev–Trinajstić information content (AvgIpc) is 3.27. The largest absolute Gasteiger partial charge is 0.322 e. The number of aryl methyl sites for hydroxylation is 2. The molecule has 4 aromatic rings. The molecule has 5 nitrogen and oxygen atoms in total. The molecule has 0 bridgehead atoms.